The highest BCUT2D eigenvalue weighted by Gasteiger charge is 2.41. The summed E-state index contributed by atoms with van der Waals surface area (Å²) in [5.41, 5.74) is 0.138. The van der Waals surface area contributed by atoms with E-state index in [0.29, 0.717) is 16.1 Å². The minimum absolute atomic E-state index is 0.0496. The maximum atomic E-state index is 12.5. The quantitative estimate of drug-likeness (QED) is 0.816. The van der Waals surface area contributed by atoms with Crippen molar-refractivity contribution < 1.29 is 22.8 Å². The highest BCUT2D eigenvalue weighted by molar-refractivity contribution is 7.20. The van der Waals surface area contributed by atoms with Gasteiger partial charge >= 0.3 is 6.18 Å². The van der Waals surface area contributed by atoms with Crippen molar-refractivity contribution in [2.75, 3.05) is 0 Å². The molecule has 0 aromatic carbocycles. The molecule has 2 saturated heterocycles. The molecule has 0 unspecified atom stereocenters. The molecule has 2 aromatic heterocycles. The zero-order chi connectivity index (χ0) is 17.8. The molecule has 5 nitrogen and oxygen atoms in total. The molecule has 2 aromatic rings. The highest BCUT2D eigenvalue weighted by atomic mass is 32.1. The average molecular weight is 369 g/mol. The highest BCUT2D eigenvalue weighted by Crippen LogP contribution is 2.31. The van der Waals surface area contributed by atoms with Crippen LogP contribution < -0.4 is 10.6 Å². The Morgan fingerprint density at radius 2 is 2.08 bits per heavy atom. The third-order valence-electron chi connectivity index (χ3n) is 4.73. The number of alkyl halides is 3. The van der Waals surface area contributed by atoms with Crippen molar-refractivity contribution in [3.63, 3.8) is 0 Å². The molecule has 0 spiro atoms. The smallest absolute Gasteiger partial charge is 0.346 e. The molecule has 4 heterocycles. The van der Waals surface area contributed by atoms with Crippen LogP contribution in [0.1, 0.15) is 39.4 Å². The van der Waals surface area contributed by atoms with Crippen molar-refractivity contribution in [1.29, 1.82) is 0 Å². The van der Waals surface area contributed by atoms with Gasteiger partial charge in [0.2, 0.25) is 0 Å². The summed E-state index contributed by atoms with van der Waals surface area (Å²) >= 11 is 0.722. The number of halogens is 3. The summed E-state index contributed by atoms with van der Waals surface area (Å²) in [5.74, 6) is -2.23. The predicted molar refractivity (Wildman–Crippen MR) is 85.8 cm³/mol. The van der Waals surface area contributed by atoms with E-state index in [-0.39, 0.29) is 23.7 Å². The van der Waals surface area contributed by atoms with Gasteiger partial charge in [-0.3, -0.25) is 9.59 Å². The summed E-state index contributed by atoms with van der Waals surface area (Å²) in [4.78, 5) is 27.3. The lowest BCUT2D eigenvalue weighted by Crippen LogP contribution is -2.43. The van der Waals surface area contributed by atoms with Crippen LogP contribution >= 0.6 is 11.3 Å². The molecule has 25 heavy (non-hydrogen) atoms. The molecule has 132 valence electrons. The number of hydrogen-bond acceptors (Lipinski definition) is 5. The van der Waals surface area contributed by atoms with E-state index in [4.69, 9.17) is 0 Å². The SMILES string of the molecule is O=C(N[C@@H]1C[C@H]2CC[C@@H]1N2)c1cc2cc(C(=O)C(F)(F)F)sc2cn1. The van der Waals surface area contributed by atoms with E-state index < -0.39 is 16.8 Å². The lowest BCUT2D eigenvalue weighted by molar-refractivity contribution is -0.0882. The largest absolute Gasteiger partial charge is 0.455 e. The van der Waals surface area contributed by atoms with Gasteiger partial charge in [-0.05, 0) is 36.8 Å². The van der Waals surface area contributed by atoms with Gasteiger partial charge in [-0.1, -0.05) is 0 Å². The third kappa shape index (κ3) is 3.02. The first kappa shape index (κ1) is 16.5. The Labute approximate surface area is 144 Å². The van der Waals surface area contributed by atoms with E-state index in [1.807, 2.05) is 0 Å². The number of fused-ring (bicyclic) bond motifs is 3. The summed E-state index contributed by atoms with van der Waals surface area (Å²) in [6, 6.07) is 3.35. The third-order valence-corrected chi connectivity index (χ3v) is 5.82. The number of hydrogen-bond donors (Lipinski definition) is 2. The summed E-state index contributed by atoms with van der Waals surface area (Å²) in [5, 5.41) is 6.76. The van der Waals surface area contributed by atoms with Crippen LogP contribution in [0.5, 0.6) is 0 Å². The molecule has 2 aliphatic rings. The fourth-order valence-electron chi connectivity index (χ4n) is 3.55. The summed E-state index contributed by atoms with van der Waals surface area (Å²) in [6.07, 6.45) is -0.562. The lowest BCUT2D eigenvalue weighted by atomic mass is 9.95. The standard InChI is InChI=1S/C16H14F3N3O2S/c17-16(18,19)14(23)12-4-7-3-11(20-6-13(7)25-12)15(24)22-10-5-8-1-2-9(10)21-8/h3-4,6,8-10,21H,1-2,5H2,(H,22,24)/t8-,9+,10-/m1/s1. The Morgan fingerprint density at radius 3 is 2.72 bits per heavy atom. The Bertz CT molecular complexity index is 864. The van der Waals surface area contributed by atoms with Crippen LogP contribution in [0.3, 0.4) is 0 Å². The molecule has 9 heteroatoms. The number of ketones is 1. The van der Waals surface area contributed by atoms with Gasteiger partial charge in [0.15, 0.2) is 0 Å². The topological polar surface area (TPSA) is 71.1 Å². The Morgan fingerprint density at radius 1 is 1.28 bits per heavy atom. The Hall–Kier alpha value is -2.00. The molecular formula is C16H14F3N3O2S. The number of thiophene rings is 1. The van der Waals surface area contributed by atoms with Crippen molar-refractivity contribution in [2.24, 2.45) is 0 Å². The first-order valence-corrected chi connectivity index (χ1v) is 8.71. The van der Waals surface area contributed by atoms with Gasteiger partial charge in [-0.15, -0.1) is 11.3 Å². The van der Waals surface area contributed by atoms with E-state index in [1.165, 1.54) is 12.3 Å². The molecule has 0 radical (unpaired) electrons. The number of pyridine rings is 1. The first-order chi connectivity index (χ1) is 11.8. The van der Waals surface area contributed by atoms with Gasteiger partial charge in [0.1, 0.15) is 5.69 Å². The number of amides is 1. The van der Waals surface area contributed by atoms with Crippen molar-refractivity contribution >= 4 is 33.1 Å². The predicted octanol–water partition coefficient (Wildman–Crippen LogP) is 2.66. The molecule has 2 aliphatic heterocycles. The molecule has 2 bridgehead atoms. The number of nitrogens with zero attached hydrogens (tertiary/aromatic N) is 1. The van der Waals surface area contributed by atoms with E-state index in [9.17, 15) is 22.8 Å². The fourth-order valence-corrected chi connectivity index (χ4v) is 4.52. The van der Waals surface area contributed by atoms with E-state index >= 15 is 0 Å². The number of aromatic nitrogens is 1. The van der Waals surface area contributed by atoms with E-state index in [0.717, 1.165) is 36.7 Å². The Kier molecular flexibility index (Phi) is 3.80. The molecule has 2 N–H and O–H groups in total. The van der Waals surface area contributed by atoms with Crippen LogP contribution in [0.4, 0.5) is 13.2 Å². The van der Waals surface area contributed by atoms with Gasteiger partial charge in [-0.25, -0.2) is 4.98 Å². The average Bonchev–Trinajstić information content (AvgIpc) is 3.26. The molecule has 0 saturated carbocycles. The maximum absolute atomic E-state index is 12.5. The second-order valence-electron chi connectivity index (χ2n) is 6.41. The van der Waals surface area contributed by atoms with Crippen molar-refractivity contribution in [1.82, 2.24) is 15.6 Å². The zero-order valence-corrected chi connectivity index (χ0v) is 13.7. The van der Waals surface area contributed by atoms with Crippen LogP contribution in [0.2, 0.25) is 0 Å². The Balaban J connectivity index is 1.54. The number of carbonyl (C=O) groups is 2. The molecule has 1 amide bonds. The van der Waals surface area contributed by atoms with Crippen molar-refractivity contribution in [3.8, 4) is 0 Å². The van der Waals surface area contributed by atoms with Crippen molar-refractivity contribution in [2.45, 2.75) is 43.6 Å². The van der Waals surface area contributed by atoms with Gasteiger partial charge in [0.05, 0.1) is 9.58 Å². The fraction of sp³-hybridized carbons (Fsp3) is 0.438. The van der Waals surface area contributed by atoms with Gasteiger partial charge < -0.3 is 10.6 Å². The second kappa shape index (κ2) is 5.77. The van der Waals surface area contributed by atoms with Gasteiger partial charge in [-0.2, -0.15) is 13.2 Å². The summed E-state index contributed by atoms with van der Waals surface area (Å²) in [7, 11) is 0. The normalized spacial score (nSPS) is 25.5. The monoisotopic (exact) mass is 369 g/mol. The minimum atomic E-state index is -4.91. The van der Waals surface area contributed by atoms with Crippen LogP contribution in [0, 0.1) is 0 Å². The first-order valence-electron chi connectivity index (χ1n) is 7.89. The summed E-state index contributed by atoms with van der Waals surface area (Å²) < 4.78 is 38.1. The maximum Gasteiger partial charge on any atom is 0.455 e. The minimum Gasteiger partial charge on any atom is -0.346 e. The second-order valence-corrected chi connectivity index (χ2v) is 7.49. The van der Waals surface area contributed by atoms with Crippen LogP contribution in [0.15, 0.2) is 18.3 Å². The molecule has 0 aliphatic carbocycles. The number of carbonyl (C=O) groups excluding carboxylic acids is 2. The molecule has 3 atom stereocenters. The molecule has 4 rings (SSSR count). The van der Waals surface area contributed by atoms with E-state index in [2.05, 4.69) is 15.6 Å². The van der Waals surface area contributed by atoms with E-state index in [1.54, 1.807) is 0 Å². The molecular weight excluding hydrogens is 355 g/mol. The number of rotatable bonds is 3. The van der Waals surface area contributed by atoms with Gasteiger partial charge in [0.25, 0.3) is 11.7 Å². The molecule has 2 fully saturated rings. The zero-order valence-electron chi connectivity index (χ0n) is 12.9. The number of nitrogens with one attached hydrogen (secondary N) is 2. The lowest BCUT2D eigenvalue weighted by Gasteiger charge is -2.21. The van der Waals surface area contributed by atoms with Gasteiger partial charge in [0, 0.05) is 24.3 Å². The van der Waals surface area contributed by atoms with Crippen LogP contribution in [-0.4, -0.2) is 41.0 Å². The van der Waals surface area contributed by atoms with Crippen LogP contribution in [-0.2, 0) is 0 Å². The van der Waals surface area contributed by atoms with Crippen molar-refractivity contribution in [3.05, 3.63) is 28.9 Å². The number of Topliss-reactive ketones (excluding diaryl/α,β-unsaturated/α-hetero) is 1. The summed E-state index contributed by atoms with van der Waals surface area (Å²) in [6.45, 7) is 0. The van der Waals surface area contributed by atoms with Crippen LogP contribution in [0.25, 0.3) is 10.1 Å².